The van der Waals surface area contributed by atoms with Gasteiger partial charge in [-0.1, -0.05) is 24.4 Å². The molecule has 1 aromatic rings. The van der Waals surface area contributed by atoms with Crippen LogP contribution in [0.1, 0.15) is 25.7 Å². The van der Waals surface area contributed by atoms with Crippen molar-refractivity contribution in [3.8, 4) is 0 Å². The molecule has 4 heteroatoms. The largest absolute Gasteiger partial charge is 0.357 e. The maximum atomic E-state index is 5.99. The van der Waals surface area contributed by atoms with Crippen LogP contribution in [0.15, 0.2) is 12.4 Å². The first-order valence-corrected chi connectivity index (χ1v) is 5.83. The van der Waals surface area contributed by atoms with Crippen molar-refractivity contribution in [1.29, 1.82) is 0 Å². The van der Waals surface area contributed by atoms with Crippen LogP contribution in [0.25, 0.3) is 0 Å². The van der Waals surface area contributed by atoms with E-state index in [2.05, 4.69) is 14.9 Å². The van der Waals surface area contributed by atoms with Crippen molar-refractivity contribution in [3.63, 3.8) is 0 Å². The Morgan fingerprint density at radius 3 is 2.67 bits per heavy atom. The number of rotatable bonds is 3. The highest BCUT2D eigenvalue weighted by atomic mass is 35.5. The predicted molar refractivity (Wildman–Crippen MR) is 62.3 cm³/mol. The summed E-state index contributed by atoms with van der Waals surface area (Å²) in [5.74, 6) is 1.60. The van der Waals surface area contributed by atoms with Gasteiger partial charge in [-0.2, -0.15) is 0 Å². The second-order valence-corrected chi connectivity index (χ2v) is 4.56. The van der Waals surface area contributed by atoms with E-state index in [1.165, 1.54) is 25.7 Å². The minimum absolute atomic E-state index is 0.498. The highest BCUT2D eigenvalue weighted by molar-refractivity contribution is 6.31. The zero-order chi connectivity index (χ0) is 10.7. The van der Waals surface area contributed by atoms with Crippen LogP contribution in [0.4, 0.5) is 5.82 Å². The molecule has 0 saturated heterocycles. The number of aromatic nitrogens is 2. The summed E-state index contributed by atoms with van der Waals surface area (Å²) in [5.41, 5.74) is 0. The summed E-state index contributed by atoms with van der Waals surface area (Å²) in [4.78, 5) is 10.4. The van der Waals surface area contributed by atoms with Crippen LogP contribution >= 0.6 is 11.6 Å². The van der Waals surface area contributed by atoms with Gasteiger partial charge in [-0.15, -0.1) is 0 Å². The van der Waals surface area contributed by atoms with Gasteiger partial charge < -0.3 is 4.90 Å². The van der Waals surface area contributed by atoms with Gasteiger partial charge in [0.15, 0.2) is 11.0 Å². The van der Waals surface area contributed by atoms with Crippen LogP contribution in [0.5, 0.6) is 0 Å². The number of nitrogens with zero attached hydrogens (tertiary/aromatic N) is 3. The lowest BCUT2D eigenvalue weighted by Crippen LogP contribution is -2.25. The molecule has 0 unspecified atom stereocenters. The van der Waals surface area contributed by atoms with Crippen LogP contribution in [0.2, 0.25) is 5.15 Å². The molecule has 82 valence electrons. The highest BCUT2D eigenvalue weighted by Crippen LogP contribution is 2.27. The molecule has 0 atom stereocenters. The summed E-state index contributed by atoms with van der Waals surface area (Å²) in [6, 6.07) is 0. The maximum Gasteiger partial charge on any atom is 0.171 e. The fraction of sp³-hybridized carbons (Fsp3) is 0.636. The fourth-order valence-corrected chi connectivity index (χ4v) is 2.49. The molecule has 1 heterocycles. The second kappa shape index (κ2) is 4.79. The zero-order valence-electron chi connectivity index (χ0n) is 8.99. The van der Waals surface area contributed by atoms with Crippen LogP contribution in [0, 0.1) is 5.92 Å². The van der Waals surface area contributed by atoms with Gasteiger partial charge in [0.2, 0.25) is 0 Å². The standard InChI is InChI=1S/C11H16ClN3/c1-15(8-9-4-2-3-5-9)11-10(12)13-6-7-14-11/h6-7,9H,2-5,8H2,1H3. The first kappa shape index (κ1) is 10.7. The third-order valence-electron chi connectivity index (χ3n) is 3.00. The summed E-state index contributed by atoms with van der Waals surface area (Å²) >= 11 is 5.99. The Hall–Kier alpha value is -0.830. The third kappa shape index (κ3) is 2.59. The van der Waals surface area contributed by atoms with Crippen LogP contribution in [-0.2, 0) is 0 Å². The molecule has 0 N–H and O–H groups in total. The summed E-state index contributed by atoms with van der Waals surface area (Å²) in [6.45, 7) is 1.04. The van der Waals surface area contributed by atoms with E-state index < -0.39 is 0 Å². The molecule has 2 rings (SSSR count). The van der Waals surface area contributed by atoms with E-state index >= 15 is 0 Å². The maximum absolute atomic E-state index is 5.99. The van der Waals surface area contributed by atoms with E-state index in [0.29, 0.717) is 5.15 Å². The number of hydrogen-bond donors (Lipinski definition) is 0. The normalized spacial score (nSPS) is 16.9. The van der Waals surface area contributed by atoms with Crippen molar-refractivity contribution in [2.24, 2.45) is 5.92 Å². The van der Waals surface area contributed by atoms with Gasteiger partial charge in [-0.05, 0) is 18.8 Å². The summed E-state index contributed by atoms with van der Waals surface area (Å²) in [6.07, 6.45) is 8.71. The Balaban J connectivity index is 2.00. The average molecular weight is 226 g/mol. The van der Waals surface area contributed by atoms with Crippen LogP contribution < -0.4 is 4.90 Å². The van der Waals surface area contributed by atoms with Gasteiger partial charge >= 0.3 is 0 Å². The molecule has 1 aliphatic rings. The van der Waals surface area contributed by atoms with Crippen LogP contribution in [-0.4, -0.2) is 23.6 Å². The molecular formula is C11H16ClN3. The summed E-state index contributed by atoms with van der Waals surface area (Å²) in [7, 11) is 2.04. The van der Waals surface area contributed by atoms with Gasteiger partial charge in [-0.3, -0.25) is 0 Å². The minimum atomic E-state index is 0.498. The topological polar surface area (TPSA) is 29.0 Å². The Morgan fingerprint density at radius 1 is 1.33 bits per heavy atom. The van der Waals surface area contributed by atoms with E-state index in [1.54, 1.807) is 12.4 Å². The monoisotopic (exact) mass is 225 g/mol. The van der Waals surface area contributed by atoms with Crippen molar-refractivity contribution >= 4 is 17.4 Å². The Bertz CT molecular complexity index is 323. The van der Waals surface area contributed by atoms with E-state index in [9.17, 15) is 0 Å². The molecule has 0 aliphatic heterocycles. The fourth-order valence-electron chi connectivity index (χ4n) is 2.24. The molecular weight excluding hydrogens is 210 g/mol. The number of hydrogen-bond acceptors (Lipinski definition) is 3. The van der Waals surface area contributed by atoms with Crippen molar-refractivity contribution in [3.05, 3.63) is 17.5 Å². The van der Waals surface area contributed by atoms with Crippen molar-refractivity contribution < 1.29 is 0 Å². The minimum Gasteiger partial charge on any atom is -0.357 e. The smallest absolute Gasteiger partial charge is 0.171 e. The highest BCUT2D eigenvalue weighted by Gasteiger charge is 2.18. The lowest BCUT2D eigenvalue weighted by atomic mass is 10.1. The zero-order valence-corrected chi connectivity index (χ0v) is 9.74. The van der Waals surface area contributed by atoms with Crippen molar-refractivity contribution in [2.45, 2.75) is 25.7 Å². The van der Waals surface area contributed by atoms with E-state index in [1.807, 2.05) is 7.05 Å². The van der Waals surface area contributed by atoms with Gasteiger partial charge in [-0.25, -0.2) is 9.97 Å². The van der Waals surface area contributed by atoms with Gasteiger partial charge in [0, 0.05) is 26.0 Å². The van der Waals surface area contributed by atoms with E-state index in [0.717, 1.165) is 18.3 Å². The second-order valence-electron chi connectivity index (χ2n) is 4.20. The summed E-state index contributed by atoms with van der Waals surface area (Å²) in [5, 5.41) is 0.498. The lowest BCUT2D eigenvalue weighted by molar-refractivity contribution is 0.545. The summed E-state index contributed by atoms with van der Waals surface area (Å²) < 4.78 is 0. The number of anilines is 1. The lowest BCUT2D eigenvalue weighted by Gasteiger charge is -2.22. The van der Waals surface area contributed by atoms with Gasteiger partial charge in [0.1, 0.15) is 0 Å². The Kier molecular flexibility index (Phi) is 3.41. The first-order chi connectivity index (χ1) is 7.27. The molecule has 1 fully saturated rings. The quantitative estimate of drug-likeness (QED) is 0.792. The third-order valence-corrected chi connectivity index (χ3v) is 3.27. The molecule has 0 aromatic carbocycles. The predicted octanol–water partition coefficient (Wildman–Crippen LogP) is 2.76. The van der Waals surface area contributed by atoms with E-state index in [4.69, 9.17) is 11.6 Å². The molecule has 0 bridgehead atoms. The van der Waals surface area contributed by atoms with E-state index in [-0.39, 0.29) is 0 Å². The molecule has 1 aromatic heterocycles. The molecule has 3 nitrogen and oxygen atoms in total. The van der Waals surface area contributed by atoms with Crippen molar-refractivity contribution in [1.82, 2.24) is 9.97 Å². The molecule has 0 spiro atoms. The Morgan fingerprint density at radius 2 is 2.00 bits per heavy atom. The van der Waals surface area contributed by atoms with Gasteiger partial charge in [0.05, 0.1) is 0 Å². The molecule has 1 aliphatic carbocycles. The molecule has 15 heavy (non-hydrogen) atoms. The van der Waals surface area contributed by atoms with Crippen molar-refractivity contribution in [2.75, 3.05) is 18.5 Å². The van der Waals surface area contributed by atoms with Gasteiger partial charge in [0.25, 0.3) is 0 Å². The number of halogens is 1. The SMILES string of the molecule is CN(CC1CCCC1)c1nccnc1Cl. The van der Waals surface area contributed by atoms with Crippen LogP contribution in [0.3, 0.4) is 0 Å². The molecule has 0 radical (unpaired) electrons. The molecule has 0 amide bonds. The molecule has 1 saturated carbocycles. The average Bonchev–Trinajstić information content (AvgIpc) is 2.71. The Labute approximate surface area is 95.5 Å². The first-order valence-electron chi connectivity index (χ1n) is 5.45.